The summed E-state index contributed by atoms with van der Waals surface area (Å²) in [6.07, 6.45) is 5.04. The summed E-state index contributed by atoms with van der Waals surface area (Å²) < 4.78 is 1.57. The highest BCUT2D eigenvalue weighted by molar-refractivity contribution is 5.41. The zero-order chi connectivity index (χ0) is 15.0. The molecule has 1 N–H and O–H groups in total. The normalized spacial score (nSPS) is 12.4. The molecule has 0 saturated carbocycles. The molecule has 1 aromatic heterocycles. The summed E-state index contributed by atoms with van der Waals surface area (Å²) in [5.74, 6) is 0. The molecule has 1 atom stereocenters. The smallest absolute Gasteiger partial charge is 0.268 e. The van der Waals surface area contributed by atoms with Crippen molar-refractivity contribution >= 4 is 5.69 Å². The van der Waals surface area contributed by atoms with Gasteiger partial charge in [0.05, 0.1) is 18.4 Å². The molecule has 5 nitrogen and oxygen atoms in total. The van der Waals surface area contributed by atoms with Crippen LogP contribution in [-0.4, -0.2) is 36.0 Å². The van der Waals surface area contributed by atoms with Crippen molar-refractivity contribution < 1.29 is 0 Å². The number of anilines is 1. The van der Waals surface area contributed by atoms with Crippen LogP contribution in [0.25, 0.3) is 0 Å². The summed E-state index contributed by atoms with van der Waals surface area (Å²) in [7, 11) is 1.96. The molecule has 0 fully saturated rings. The molecule has 0 aliphatic carbocycles. The Morgan fingerprint density at radius 2 is 2.10 bits per heavy atom. The molecule has 114 valence electrons. The molecule has 0 aliphatic rings. The second-order valence-corrected chi connectivity index (χ2v) is 5.19. The van der Waals surface area contributed by atoms with Crippen molar-refractivity contribution in [3.05, 3.63) is 22.6 Å². The third-order valence-electron chi connectivity index (χ3n) is 3.48. The van der Waals surface area contributed by atoms with Crippen molar-refractivity contribution in [3.8, 4) is 0 Å². The Morgan fingerprint density at radius 1 is 1.35 bits per heavy atom. The number of hydrogen-bond donors (Lipinski definition) is 1. The van der Waals surface area contributed by atoms with Gasteiger partial charge in [-0.3, -0.25) is 4.79 Å². The van der Waals surface area contributed by atoms with Crippen LogP contribution in [0.5, 0.6) is 0 Å². The molecule has 0 bridgehead atoms. The third-order valence-corrected chi connectivity index (χ3v) is 3.48. The van der Waals surface area contributed by atoms with Crippen molar-refractivity contribution in [3.63, 3.8) is 0 Å². The lowest BCUT2D eigenvalue weighted by molar-refractivity contribution is 0.392. The fourth-order valence-electron chi connectivity index (χ4n) is 2.12. The van der Waals surface area contributed by atoms with Gasteiger partial charge in [-0.1, -0.05) is 20.3 Å². The van der Waals surface area contributed by atoms with E-state index in [0.717, 1.165) is 38.0 Å². The molecule has 1 heterocycles. The van der Waals surface area contributed by atoms with Crippen LogP contribution >= 0.6 is 0 Å². The van der Waals surface area contributed by atoms with E-state index in [4.69, 9.17) is 0 Å². The summed E-state index contributed by atoms with van der Waals surface area (Å²) in [6.45, 7) is 8.85. The minimum absolute atomic E-state index is 0.0257. The first-order valence-electron chi connectivity index (χ1n) is 7.64. The van der Waals surface area contributed by atoms with E-state index < -0.39 is 0 Å². The van der Waals surface area contributed by atoms with Gasteiger partial charge in [-0.25, -0.2) is 4.68 Å². The van der Waals surface area contributed by atoms with E-state index in [-0.39, 0.29) is 5.56 Å². The van der Waals surface area contributed by atoms with Gasteiger partial charge >= 0.3 is 0 Å². The van der Waals surface area contributed by atoms with E-state index in [2.05, 4.69) is 31.2 Å². The van der Waals surface area contributed by atoms with E-state index in [9.17, 15) is 4.79 Å². The van der Waals surface area contributed by atoms with Gasteiger partial charge in [0.1, 0.15) is 0 Å². The fourth-order valence-corrected chi connectivity index (χ4v) is 2.12. The average Bonchev–Trinajstić information content (AvgIpc) is 2.46. The lowest BCUT2D eigenvalue weighted by Gasteiger charge is -2.20. The van der Waals surface area contributed by atoms with Crippen LogP contribution in [0.4, 0.5) is 5.69 Å². The molecule has 20 heavy (non-hydrogen) atoms. The summed E-state index contributed by atoms with van der Waals surface area (Å²) in [6, 6.07) is 1.99. The second kappa shape index (κ2) is 8.74. The Kier molecular flexibility index (Phi) is 7.30. The van der Waals surface area contributed by atoms with Gasteiger partial charge in [-0.2, -0.15) is 5.10 Å². The predicted molar refractivity (Wildman–Crippen MR) is 84.4 cm³/mol. The lowest BCUT2D eigenvalue weighted by Crippen LogP contribution is -2.38. The van der Waals surface area contributed by atoms with Crippen LogP contribution in [0.15, 0.2) is 17.1 Å². The predicted octanol–water partition coefficient (Wildman–Crippen LogP) is 1.87. The maximum Gasteiger partial charge on any atom is 0.268 e. The third kappa shape index (κ3) is 4.96. The van der Waals surface area contributed by atoms with E-state index in [0.29, 0.717) is 12.6 Å². The van der Waals surface area contributed by atoms with Gasteiger partial charge in [0.15, 0.2) is 0 Å². The van der Waals surface area contributed by atoms with Crippen molar-refractivity contribution in [2.24, 2.45) is 0 Å². The van der Waals surface area contributed by atoms with Gasteiger partial charge in [-0.05, 0) is 26.3 Å². The number of nitrogens with zero attached hydrogens (tertiary/aromatic N) is 3. The molecule has 0 radical (unpaired) electrons. The molecule has 1 unspecified atom stereocenters. The van der Waals surface area contributed by atoms with Crippen LogP contribution in [0.1, 0.15) is 40.0 Å². The molecule has 1 rings (SSSR count). The van der Waals surface area contributed by atoms with Crippen LogP contribution < -0.4 is 15.8 Å². The molecule has 1 aromatic rings. The minimum Gasteiger partial charge on any atom is -0.373 e. The number of nitrogens with one attached hydrogen (secondary N) is 1. The van der Waals surface area contributed by atoms with Gasteiger partial charge in [0.25, 0.3) is 5.56 Å². The minimum atomic E-state index is -0.0257. The van der Waals surface area contributed by atoms with Gasteiger partial charge in [0, 0.05) is 25.7 Å². The van der Waals surface area contributed by atoms with E-state index in [1.165, 1.54) is 0 Å². The quantitative estimate of drug-likeness (QED) is 0.750. The number of rotatable bonds is 9. The first kappa shape index (κ1) is 16.7. The molecular weight excluding hydrogens is 252 g/mol. The van der Waals surface area contributed by atoms with Gasteiger partial charge in [-0.15, -0.1) is 0 Å². The van der Waals surface area contributed by atoms with Crippen molar-refractivity contribution in [2.75, 3.05) is 25.0 Å². The highest BCUT2D eigenvalue weighted by atomic mass is 16.1. The van der Waals surface area contributed by atoms with E-state index >= 15 is 0 Å². The maximum absolute atomic E-state index is 12.1. The Hall–Kier alpha value is -1.36. The summed E-state index contributed by atoms with van der Waals surface area (Å²) in [4.78, 5) is 14.1. The lowest BCUT2D eigenvalue weighted by atomic mass is 10.1. The van der Waals surface area contributed by atoms with Crippen LogP contribution in [0.3, 0.4) is 0 Å². The van der Waals surface area contributed by atoms with Crippen molar-refractivity contribution in [2.45, 2.75) is 52.6 Å². The fraction of sp³-hybridized carbons (Fsp3) is 0.733. The zero-order valence-corrected chi connectivity index (χ0v) is 13.2. The first-order valence-corrected chi connectivity index (χ1v) is 7.64. The zero-order valence-electron chi connectivity index (χ0n) is 13.2. The molecular formula is C15H28N4O. The standard InChI is InChI=1S/C15H28N4O/c1-5-8-13(16-9-6-2)12-19-15(20)10-14(11-17-19)18(4)7-3/h10-11,13,16H,5-9,12H2,1-4H3. The monoisotopic (exact) mass is 280 g/mol. The molecule has 0 aliphatic heterocycles. The molecule has 0 saturated heterocycles. The number of hydrogen-bond acceptors (Lipinski definition) is 4. The van der Waals surface area contributed by atoms with Gasteiger partial charge in [0.2, 0.25) is 0 Å². The van der Waals surface area contributed by atoms with Crippen LogP contribution in [0, 0.1) is 0 Å². The van der Waals surface area contributed by atoms with E-state index in [1.807, 2.05) is 11.9 Å². The van der Waals surface area contributed by atoms with E-state index in [1.54, 1.807) is 16.9 Å². The highest BCUT2D eigenvalue weighted by Crippen LogP contribution is 2.06. The highest BCUT2D eigenvalue weighted by Gasteiger charge is 2.10. The van der Waals surface area contributed by atoms with Gasteiger partial charge < -0.3 is 10.2 Å². The molecule has 5 heteroatoms. The SMILES string of the molecule is CCCNC(CCC)Cn1ncc(N(C)CC)cc1=O. The Labute approximate surface area is 122 Å². The Balaban J connectivity index is 2.77. The largest absolute Gasteiger partial charge is 0.373 e. The van der Waals surface area contributed by atoms with Crippen LogP contribution in [-0.2, 0) is 6.54 Å². The topological polar surface area (TPSA) is 50.2 Å². The number of aromatic nitrogens is 2. The van der Waals surface area contributed by atoms with Crippen molar-refractivity contribution in [1.82, 2.24) is 15.1 Å². The first-order chi connectivity index (χ1) is 9.62. The van der Waals surface area contributed by atoms with Crippen molar-refractivity contribution in [1.29, 1.82) is 0 Å². The Bertz CT molecular complexity index is 444. The maximum atomic E-state index is 12.1. The summed E-state index contributed by atoms with van der Waals surface area (Å²) in [5, 5.41) is 7.78. The molecule has 0 amide bonds. The summed E-state index contributed by atoms with van der Waals surface area (Å²) in [5.41, 5.74) is 0.851. The molecule has 0 aromatic carbocycles. The molecule has 0 spiro atoms. The Morgan fingerprint density at radius 3 is 2.65 bits per heavy atom. The summed E-state index contributed by atoms with van der Waals surface area (Å²) >= 11 is 0. The average molecular weight is 280 g/mol. The second-order valence-electron chi connectivity index (χ2n) is 5.19. The van der Waals surface area contributed by atoms with Crippen LogP contribution in [0.2, 0.25) is 0 Å².